The molecule has 1 saturated heterocycles. The molecule has 2 fully saturated rings. The molecule has 4 rings (SSSR count). The number of anilines is 1. The van der Waals surface area contributed by atoms with Crippen LogP contribution in [-0.4, -0.2) is 47.3 Å². The molecule has 34 heavy (non-hydrogen) atoms. The van der Waals surface area contributed by atoms with Gasteiger partial charge in [-0.2, -0.15) is 5.26 Å². The highest BCUT2D eigenvalue weighted by molar-refractivity contribution is 6.04. The van der Waals surface area contributed by atoms with Crippen LogP contribution in [0.25, 0.3) is 0 Å². The lowest BCUT2D eigenvalue weighted by Gasteiger charge is -2.41. The largest absolute Gasteiger partial charge is 0.337 e. The van der Waals surface area contributed by atoms with Gasteiger partial charge in [-0.05, 0) is 68.1 Å². The quantitative estimate of drug-likeness (QED) is 0.711. The summed E-state index contributed by atoms with van der Waals surface area (Å²) in [4.78, 5) is 29.8. The monoisotopic (exact) mass is 462 g/mol. The summed E-state index contributed by atoms with van der Waals surface area (Å²) in [5, 5.41) is 11.9. The first-order valence-electron chi connectivity index (χ1n) is 12.0. The SMILES string of the molecule is Cc1c(CN2CCN(C(=O)C3CCCC3)[C@@H](C)C2)cc(F)cc1NC(=O)c1cccc(C#N)c1. The smallest absolute Gasteiger partial charge is 0.255 e. The number of carbonyl (C=O) groups excluding carboxylic acids is 2. The van der Waals surface area contributed by atoms with Crippen molar-refractivity contribution in [3.8, 4) is 6.07 Å². The minimum absolute atomic E-state index is 0.113. The zero-order valence-corrected chi connectivity index (χ0v) is 19.8. The Balaban J connectivity index is 1.43. The number of rotatable bonds is 5. The topological polar surface area (TPSA) is 76.4 Å². The van der Waals surface area contributed by atoms with Gasteiger partial charge in [-0.15, -0.1) is 0 Å². The van der Waals surface area contributed by atoms with E-state index in [-0.39, 0.29) is 23.8 Å². The molecule has 1 heterocycles. The molecule has 0 aromatic heterocycles. The minimum atomic E-state index is -0.412. The average molecular weight is 463 g/mol. The Morgan fingerprint density at radius 1 is 1.18 bits per heavy atom. The van der Waals surface area contributed by atoms with Gasteiger partial charge in [0.15, 0.2) is 0 Å². The number of piperazine rings is 1. The van der Waals surface area contributed by atoms with Gasteiger partial charge in [-0.3, -0.25) is 14.5 Å². The fraction of sp³-hybridized carbons (Fsp3) is 0.444. The lowest BCUT2D eigenvalue weighted by Crippen LogP contribution is -2.54. The van der Waals surface area contributed by atoms with E-state index in [0.717, 1.165) is 49.9 Å². The number of benzene rings is 2. The summed E-state index contributed by atoms with van der Waals surface area (Å²) < 4.78 is 14.5. The Hall–Kier alpha value is -3.24. The molecular weight excluding hydrogens is 431 g/mol. The van der Waals surface area contributed by atoms with Gasteiger partial charge in [0.25, 0.3) is 5.91 Å². The minimum Gasteiger partial charge on any atom is -0.337 e. The van der Waals surface area contributed by atoms with Crippen LogP contribution in [0.2, 0.25) is 0 Å². The summed E-state index contributed by atoms with van der Waals surface area (Å²) in [5.74, 6) is -0.328. The molecule has 1 saturated carbocycles. The lowest BCUT2D eigenvalue weighted by molar-refractivity contribution is -0.140. The van der Waals surface area contributed by atoms with E-state index >= 15 is 0 Å². The fourth-order valence-corrected chi connectivity index (χ4v) is 5.11. The summed E-state index contributed by atoms with van der Waals surface area (Å²) in [6.45, 7) is 6.66. The summed E-state index contributed by atoms with van der Waals surface area (Å²) in [6, 6.07) is 11.4. The molecule has 2 aliphatic rings. The van der Waals surface area contributed by atoms with E-state index in [1.165, 1.54) is 18.2 Å². The van der Waals surface area contributed by atoms with E-state index in [2.05, 4.69) is 17.1 Å². The molecule has 0 radical (unpaired) electrons. The molecular formula is C27H31FN4O2. The summed E-state index contributed by atoms with van der Waals surface area (Å²) in [5.41, 5.74) is 2.78. The second-order valence-corrected chi connectivity index (χ2v) is 9.48. The molecule has 6 nitrogen and oxygen atoms in total. The predicted molar refractivity (Wildman–Crippen MR) is 129 cm³/mol. The van der Waals surface area contributed by atoms with Crippen molar-refractivity contribution in [1.29, 1.82) is 5.26 Å². The van der Waals surface area contributed by atoms with Gasteiger partial charge in [-0.25, -0.2) is 4.39 Å². The zero-order chi connectivity index (χ0) is 24.2. The van der Waals surface area contributed by atoms with Gasteiger partial charge in [0.2, 0.25) is 5.91 Å². The van der Waals surface area contributed by atoms with E-state index in [9.17, 15) is 14.0 Å². The molecule has 0 unspecified atom stereocenters. The van der Waals surface area contributed by atoms with Crippen LogP contribution in [0.5, 0.6) is 0 Å². The number of halogens is 1. The van der Waals surface area contributed by atoms with Crippen LogP contribution in [0.15, 0.2) is 36.4 Å². The van der Waals surface area contributed by atoms with Gasteiger partial charge in [-0.1, -0.05) is 18.9 Å². The van der Waals surface area contributed by atoms with Crippen LogP contribution < -0.4 is 5.32 Å². The van der Waals surface area contributed by atoms with Crippen molar-refractivity contribution in [3.05, 3.63) is 64.5 Å². The molecule has 0 spiro atoms. The van der Waals surface area contributed by atoms with E-state index in [0.29, 0.717) is 29.9 Å². The van der Waals surface area contributed by atoms with Gasteiger partial charge in [0, 0.05) is 49.4 Å². The second kappa shape index (κ2) is 10.4. The van der Waals surface area contributed by atoms with Crippen molar-refractivity contribution in [3.63, 3.8) is 0 Å². The predicted octanol–water partition coefficient (Wildman–Crippen LogP) is 4.48. The standard InChI is InChI=1S/C27H31FN4O2/c1-18-16-31(10-11-32(18)27(34)21-7-3-4-8-21)17-23-13-24(28)14-25(19(23)2)30-26(33)22-9-5-6-20(12-22)15-29/h5-6,9,12-14,18,21H,3-4,7-8,10-11,16-17H2,1-2H3,(H,30,33)/t18-/m0/s1. The van der Waals surface area contributed by atoms with Gasteiger partial charge < -0.3 is 10.2 Å². The first-order valence-corrected chi connectivity index (χ1v) is 12.0. The van der Waals surface area contributed by atoms with Crippen molar-refractivity contribution in [2.45, 2.75) is 52.1 Å². The van der Waals surface area contributed by atoms with Crippen LogP contribution in [-0.2, 0) is 11.3 Å². The molecule has 1 aliphatic carbocycles. The lowest BCUT2D eigenvalue weighted by atomic mass is 10.0. The highest BCUT2D eigenvalue weighted by Crippen LogP contribution is 2.29. The van der Waals surface area contributed by atoms with E-state index < -0.39 is 5.82 Å². The van der Waals surface area contributed by atoms with Gasteiger partial charge in [0.05, 0.1) is 11.6 Å². The molecule has 2 aromatic carbocycles. The first-order chi connectivity index (χ1) is 16.4. The van der Waals surface area contributed by atoms with Gasteiger partial charge in [0.1, 0.15) is 5.82 Å². The number of carbonyl (C=O) groups is 2. The summed E-state index contributed by atoms with van der Waals surface area (Å²) in [7, 11) is 0. The molecule has 1 atom stereocenters. The Morgan fingerprint density at radius 2 is 1.94 bits per heavy atom. The van der Waals surface area contributed by atoms with E-state index in [1.807, 2.05) is 17.9 Å². The maximum Gasteiger partial charge on any atom is 0.255 e. The third kappa shape index (κ3) is 5.28. The molecule has 2 amide bonds. The maximum absolute atomic E-state index is 14.5. The van der Waals surface area contributed by atoms with Crippen LogP contribution in [0.4, 0.5) is 10.1 Å². The first kappa shape index (κ1) is 23.9. The van der Waals surface area contributed by atoms with Gasteiger partial charge >= 0.3 is 0 Å². The van der Waals surface area contributed by atoms with Crippen molar-refractivity contribution < 1.29 is 14.0 Å². The Morgan fingerprint density at radius 3 is 2.65 bits per heavy atom. The molecule has 178 valence electrons. The van der Waals surface area contributed by atoms with Crippen molar-refractivity contribution in [2.24, 2.45) is 5.92 Å². The number of hydrogen-bond acceptors (Lipinski definition) is 4. The van der Waals surface area contributed by atoms with Crippen molar-refractivity contribution in [2.75, 3.05) is 25.0 Å². The number of hydrogen-bond donors (Lipinski definition) is 1. The highest BCUT2D eigenvalue weighted by Gasteiger charge is 2.33. The van der Waals surface area contributed by atoms with Crippen LogP contribution in [0.1, 0.15) is 59.7 Å². The number of nitriles is 1. The normalized spacial score (nSPS) is 19.1. The van der Waals surface area contributed by atoms with Crippen molar-refractivity contribution in [1.82, 2.24) is 9.80 Å². The molecule has 1 aliphatic heterocycles. The Labute approximate surface area is 200 Å². The summed E-state index contributed by atoms with van der Waals surface area (Å²) >= 11 is 0. The van der Waals surface area contributed by atoms with Crippen LogP contribution >= 0.6 is 0 Å². The molecule has 7 heteroatoms. The highest BCUT2D eigenvalue weighted by atomic mass is 19.1. The fourth-order valence-electron chi connectivity index (χ4n) is 5.11. The molecule has 0 bridgehead atoms. The number of nitrogens with zero attached hydrogens (tertiary/aromatic N) is 3. The number of nitrogens with one attached hydrogen (secondary N) is 1. The average Bonchev–Trinajstić information content (AvgIpc) is 3.37. The van der Waals surface area contributed by atoms with Crippen molar-refractivity contribution >= 4 is 17.5 Å². The molecule has 2 aromatic rings. The van der Waals surface area contributed by atoms with E-state index in [4.69, 9.17) is 5.26 Å². The zero-order valence-electron chi connectivity index (χ0n) is 19.8. The maximum atomic E-state index is 14.5. The molecule has 1 N–H and O–H groups in total. The van der Waals surface area contributed by atoms with Crippen LogP contribution in [0, 0.1) is 30.0 Å². The Bertz CT molecular complexity index is 1120. The number of amides is 2. The Kier molecular flexibility index (Phi) is 7.28. The third-order valence-electron chi connectivity index (χ3n) is 7.08. The van der Waals surface area contributed by atoms with Crippen LogP contribution in [0.3, 0.4) is 0 Å². The summed E-state index contributed by atoms with van der Waals surface area (Å²) in [6.07, 6.45) is 4.30. The second-order valence-electron chi connectivity index (χ2n) is 9.48. The third-order valence-corrected chi connectivity index (χ3v) is 7.08. The van der Waals surface area contributed by atoms with E-state index in [1.54, 1.807) is 18.2 Å².